The van der Waals surface area contributed by atoms with E-state index in [1.54, 1.807) is 0 Å². The molecule has 0 spiro atoms. The molecule has 27 heavy (non-hydrogen) atoms. The molecule has 6 heteroatoms. The maximum absolute atomic E-state index is 12.5. The molecule has 1 fully saturated rings. The van der Waals surface area contributed by atoms with Crippen LogP contribution in [0.1, 0.15) is 23.1 Å². The molecule has 4 amide bonds. The fraction of sp³-hybridized carbons (Fsp3) is 0.286. The van der Waals surface area contributed by atoms with Crippen molar-refractivity contribution in [3.63, 3.8) is 0 Å². The third kappa shape index (κ3) is 4.53. The third-order valence-electron chi connectivity index (χ3n) is 4.63. The molecule has 0 aliphatic carbocycles. The van der Waals surface area contributed by atoms with Gasteiger partial charge in [0.25, 0.3) is 5.91 Å². The average molecular weight is 365 g/mol. The van der Waals surface area contributed by atoms with Crippen molar-refractivity contribution in [2.75, 3.05) is 11.9 Å². The van der Waals surface area contributed by atoms with Crippen molar-refractivity contribution < 1.29 is 14.4 Å². The van der Waals surface area contributed by atoms with Crippen molar-refractivity contribution in [3.8, 4) is 0 Å². The Hall–Kier alpha value is -3.15. The number of hydrogen-bond acceptors (Lipinski definition) is 3. The molecule has 0 aromatic heterocycles. The first kappa shape index (κ1) is 18.6. The lowest BCUT2D eigenvalue weighted by Gasteiger charge is -2.14. The fourth-order valence-electron chi connectivity index (χ4n) is 3.17. The smallest absolute Gasteiger partial charge is 0.325 e. The van der Waals surface area contributed by atoms with E-state index in [1.165, 1.54) is 0 Å². The molecule has 2 aromatic rings. The van der Waals surface area contributed by atoms with Gasteiger partial charge < -0.3 is 10.6 Å². The van der Waals surface area contributed by atoms with E-state index in [-0.39, 0.29) is 12.5 Å². The van der Waals surface area contributed by atoms with Crippen molar-refractivity contribution in [1.82, 2.24) is 10.2 Å². The normalized spacial score (nSPS) is 16.4. The molecular weight excluding hydrogens is 342 g/mol. The quantitative estimate of drug-likeness (QED) is 0.773. The Morgan fingerprint density at radius 1 is 1.11 bits per heavy atom. The third-order valence-corrected chi connectivity index (χ3v) is 4.63. The van der Waals surface area contributed by atoms with Gasteiger partial charge in [-0.25, -0.2) is 4.79 Å². The van der Waals surface area contributed by atoms with Gasteiger partial charge in [0.05, 0.1) is 0 Å². The molecule has 2 N–H and O–H groups in total. The van der Waals surface area contributed by atoms with Gasteiger partial charge in [-0.2, -0.15) is 0 Å². The minimum absolute atomic E-state index is 0.292. The Bertz CT molecular complexity index is 864. The van der Waals surface area contributed by atoms with Crippen LogP contribution in [0.5, 0.6) is 0 Å². The summed E-state index contributed by atoms with van der Waals surface area (Å²) in [5.41, 5.74) is 3.81. The first-order valence-electron chi connectivity index (χ1n) is 8.97. The van der Waals surface area contributed by atoms with Crippen LogP contribution < -0.4 is 10.6 Å². The lowest BCUT2D eigenvalue weighted by molar-refractivity contribution is -0.130. The number of amides is 4. The van der Waals surface area contributed by atoms with E-state index in [2.05, 4.69) is 10.6 Å². The first-order valence-corrected chi connectivity index (χ1v) is 8.97. The van der Waals surface area contributed by atoms with Gasteiger partial charge in [-0.05, 0) is 43.9 Å². The summed E-state index contributed by atoms with van der Waals surface area (Å²) in [4.78, 5) is 37.9. The summed E-state index contributed by atoms with van der Waals surface area (Å²) in [5.74, 6) is -0.749. The van der Waals surface area contributed by atoms with Crippen molar-refractivity contribution in [2.45, 2.75) is 32.7 Å². The molecule has 0 bridgehead atoms. The van der Waals surface area contributed by atoms with E-state index >= 15 is 0 Å². The molecule has 1 aliphatic rings. The van der Waals surface area contributed by atoms with Crippen LogP contribution in [-0.2, 0) is 16.0 Å². The molecule has 6 nitrogen and oxygen atoms in total. The van der Waals surface area contributed by atoms with Crippen molar-refractivity contribution in [3.05, 3.63) is 65.2 Å². The molecule has 1 aliphatic heterocycles. The molecule has 3 rings (SSSR count). The van der Waals surface area contributed by atoms with Crippen molar-refractivity contribution in [2.24, 2.45) is 0 Å². The summed E-state index contributed by atoms with van der Waals surface area (Å²) < 4.78 is 0. The lowest BCUT2D eigenvalue weighted by Crippen LogP contribution is -2.38. The molecule has 140 valence electrons. The highest BCUT2D eigenvalue weighted by Gasteiger charge is 2.38. The van der Waals surface area contributed by atoms with Gasteiger partial charge in [-0.1, -0.05) is 48.0 Å². The number of rotatable bonds is 6. The second-order valence-electron chi connectivity index (χ2n) is 6.82. The Morgan fingerprint density at radius 3 is 2.56 bits per heavy atom. The number of carbonyl (C=O) groups is 3. The van der Waals surface area contributed by atoms with E-state index in [4.69, 9.17) is 0 Å². The van der Waals surface area contributed by atoms with Gasteiger partial charge in [0.15, 0.2) is 0 Å². The second-order valence-corrected chi connectivity index (χ2v) is 6.82. The highest BCUT2D eigenvalue weighted by atomic mass is 16.2. The van der Waals surface area contributed by atoms with Crippen LogP contribution in [0, 0.1) is 13.8 Å². The highest BCUT2D eigenvalue weighted by Crippen LogP contribution is 2.17. The number of anilines is 1. The molecule has 1 unspecified atom stereocenters. The number of benzene rings is 2. The van der Waals surface area contributed by atoms with Gasteiger partial charge in [0.1, 0.15) is 12.6 Å². The van der Waals surface area contributed by atoms with E-state index in [9.17, 15) is 14.4 Å². The van der Waals surface area contributed by atoms with Crippen LogP contribution in [-0.4, -0.2) is 35.3 Å². The Balaban J connectivity index is 1.57. The highest BCUT2D eigenvalue weighted by molar-refractivity contribution is 6.08. The molecular formula is C21H23N3O3. The number of carbonyl (C=O) groups excluding carboxylic acids is 3. The summed E-state index contributed by atoms with van der Waals surface area (Å²) in [5, 5.41) is 5.43. The maximum Gasteiger partial charge on any atom is 0.325 e. The van der Waals surface area contributed by atoms with Gasteiger partial charge in [-0.15, -0.1) is 0 Å². The van der Waals surface area contributed by atoms with E-state index in [0.29, 0.717) is 18.5 Å². The predicted molar refractivity (Wildman–Crippen MR) is 103 cm³/mol. The molecule has 0 radical (unpaired) electrons. The Morgan fingerprint density at radius 2 is 1.85 bits per heavy atom. The summed E-state index contributed by atoms with van der Waals surface area (Å²) in [6.45, 7) is 3.58. The molecule has 1 heterocycles. The van der Waals surface area contributed by atoms with Gasteiger partial charge in [0, 0.05) is 5.69 Å². The summed E-state index contributed by atoms with van der Waals surface area (Å²) >= 11 is 0. The number of nitrogens with zero attached hydrogens (tertiary/aromatic N) is 1. The Labute approximate surface area is 158 Å². The number of hydrogen-bond donors (Lipinski definition) is 2. The minimum atomic E-state index is -0.591. The number of aryl methyl sites for hydroxylation is 3. The standard InChI is InChI=1S/C21H23N3O3/c1-14-8-10-17(15(2)12-14)22-19(25)13-24-20(26)18(23-21(24)27)11-9-16-6-4-3-5-7-16/h3-8,10,12,18H,9,11,13H2,1-2H3,(H,22,25)(H,23,27). The topological polar surface area (TPSA) is 78.5 Å². The molecule has 0 saturated carbocycles. The number of nitrogens with one attached hydrogen (secondary N) is 2. The predicted octanol–water partition coefficient (Wildman–Crippen LogP) is 2.80. The molecule has 1 saturated heterocycles. The zero-order chi connectivity index (χ0) is 19.4. The second kappa shape index (κ2) is 8.03. The van der Waals surface area contributed by atoms with Crippen molar-refractivity contribution in [1.29, 1.82) is 0 Å². The monoisotopic (exact) mass is 365 g/mol. The number of urea groups is 1. The van der Waals surface area contributed by atoms with Crippen LogP contribution in [0.2, 0.25) is 0 Å². The fourth-order valence-corrected chi connectivity index (χ4v) is 3.17. The summed E-state index contributed by atoms with van der Waals surface area (Å²) in [7, 11) is 0. The summed E-state index contributed by atoms with van der Waals surface area (Å²) in [6.07, 6.45) is 1.18. The zero-order valence-corrected chi connectivity index (χ0v) is 15.5. The SMILES string of the molecule is Cc1ccc(NC(=O)CN2C(=O)NC(CCc3ccccc3)C2=O)c(C)c1. The lowest BCUT2D eigenvalue weighted by atomic mass is 10.1. The van der Waals surface area contributed by atoms with Crippen molar-refractivity contribution >= 4 is 23.5 Å². The van der Waals surface area contributed by atoms with Gasteiger partial charge in [-0.3, -0.25) is 14.5 Å². The maximum atomic E-state index is 12.5. The van der Waals surface area contributed by atoms with Gasteiger partial charge >= 0.3 is 6.03 Å². The van der Waals surface area contributed by atoms with Gasteiger partial charge in [0.2, 0.25) is 5.91 Å². The largest absolute Gasteiger partial charge is 0.326 e. The van der Waals surface area contributed by atoms with Crippen LogP contribution in [0.15, 0.2) is 48.5 Å². The first-order chi connectivity index (χ1) is 12.9. The molecule has 2 aromatic carbocycles. The van der Waals surface area contributed by atoms with Crippen LogP contribution in [0.25, 0.3) is 0 Å². The average Bonchev–Trinajstić information content (AvgIpc) is 2.91. The van der Waals surface area contributed by atoms with Crippen LogP contribution >= 0.6 is 0 Å². The van der Waals surface area contributed by atoms with Crippen LogP contribution in [0.4, 0.5) is 10.5 Å². The number of imide groups is 1. The summed E-state index contributed by atoms with van der Waals surface area (Å²) in [6, 6.07) is 14.3. The molecule has 1 atom stereocenters. The minimum Gasteiger partial charge on any atom is -0.326 e. The zero-order valence-electron chi connectivity index (χ0n) is 15.5. The van der Waals surface area contributed by atoms with E-state index in [0.717, 1.165) is 21.6 Å². The Kier molecular flexibility index (Phi) is 5.54. The van der Waals surface area contributed by atoms with E-state index < -0.39 is 18.0 Å². The van der Waals surface area contributed by atoms with Crippen LogP contribution in [0.3, 0.4) is 0 Å². The van der Waals surface area contributed by atoms with E-state index in [1.807, 2.05) is 62.4 Å².